The van der Waals surface area contributed by atoms with Crippen LogP contribution in [0.2, 0.25) is 0 Å². The fraction of sp³-hybridized carbons (Fsp3) is 0.444. The summed E-state index contributed by atoms with van der Waals surface area (Å²) in [5, 5.41) is 15.1. The Labute approximate surface area is 167 Å². The molecule has 0 bridgehead atoms. The number of carbonyl (C=O) groups excluding carboxylic acids is 1. The Kier molecular flexibility index (Phi) is 6.46. The Morgan fingerprint density at radius 3 is 2.81 bits per heavy atom. The number of aliphatic hydroxyl groups excluding tert-OH is 1. The summed E-state index contributed by atoms with van der Waals surface area (Å²) in [4.78, 5) is 16.9. The molecule has 2 aliphatic heterocycles. The topological polar surface area (TPSA) is 107 Å². The lowest BCUT2D eigenvalue weighted by Crippen LogP contribution is -2.44. The normalized spacial score (nSPS) is 27.6. The Hall–Kier alpha value is -1.55. The van der Waals surface area contributed by atoms with Gasteiger partial charge in [-0.05, 0) is 12.0 Å². The van der Waals surface area contributed by atoms with Gasteiger partial charge in [0.05, 0.1) is 25.3 Å². The number of ether oxygens (including phenoxy) is 2. The molecule has 1 amide bonds. The van der Waals surface area contributed by atoms with E-state index < -0.39 is 6.10 Å². The van der Waals surface area contributed by atoms with Crippen LogP contribution >= 0.6 is 23.7 Å². The molecule has 2 fully saturated rings. The zero-order valence-corrected chi connectivity index (χ0v) is 16.1. The van der Waals surface area contributed by atoms with Crippen LogP contribution in [-0.2, 0) is 15.9 Å². The van der Waals surface area contributed by atoms with Gasteiger partial charge in [0.1, 0.15) is 29.0 Å². The molecule has 4 N–H and O–H groups in total. The predicted octanol–water partition coefficient (Wildman–Crippen LogP) is 1.06. The molecule has 2 saturated heterocycles. The van der Waals surface area contributed by atoms with Crippen molar-refractivity contribution in [2.45, 2.75) is 36.8 Å². The number of nitrogens with zero attached hydrogens (tertiary/aromatic N) is 1. The molecule has 7 nitrogen and oxygen atoms in total. The third-order valence-corrected chi connectivity index (χ3v) is 5.69. The monoisotopic (exact) mass is 411 g/mol. The molecular weight excluding hydrogens is 390 g/mol. The van der Waals surface area contributed by atoms with Crippen LogP contribution in [0.4, 0.5) is 0 Å². The molecule has 2 aliphatic rings. The number of nitrogens with one attached hydrogen (secondary N) is 1. The molecule has 5 atom stereocenters. The summed E-state index contributed by atoms with van der Waals surface area (Å²) in [6.45, 7) is 0.555. The summed E-state index contributed by atoms with van der Waals surface area (Å²) >= 11 is 1.38. The van der Waals surface area contributed by atoms with E-state index in [-0.39, 0.29) is 49.2 Å². The van der Waals surface area contributed by atoms with Gasteiger partial charge in [0.15, 0.2) is 0 Å². The lowest BCUT2D eigenvalue weighted by atomic mass is 10.1. The lowest BCUT2D eigenvalue weighted by molar-refractivity contribution is 0.0178. The minimum absolute atomic E-state index is 0. The van der Waals surface area contributed by atoms with Gasteiger partial charge >= 0.3 is 0 Å². The number of amides is 1. The van der Waals surface area contributed by atoms with E-state index in [1.165, 1.54) is 11.3 Å². The second-order valence-electron chi connectivity index (χ2n) is 6.61. The van der Waals surface area contributed by atoms with E-state index in [0.29, 0.717) is 18.7 Å². The highest BCUT2D eigenvalue weighted by Gasteiger charge is 2.47. The van der Waals surface area contributed by atoms with Crippen LogP contribution in [-0.4, -0.2) is 53.6 Å². The number of hydrogen-bond donors (Lipinski definition) is 3. The summed E-state index contributed by atoms with van der Waals surface area (Å²) in [6.07, 6.45) is -0.650. The van der Waals surface area contributed by atoms with Crippen LogP contribution in [0.25, 0.3) is 0 Å². The Morgan fingerprint density at radius 1 is 1.30 bits per heavy atom. The van der Waals surface area contributed by atoms with E-state index in [9.17, 15) is 9.90 Å². The average molecular weight is 412 g/mol. The molecule has 0 spiro atoms. The summed E-state index contributed by atoms with van der Waals surface area (Å²) < 4.78 is 11.0. The number of rotatable bonds is 5. The van der Waals surface area contributed by atoms with Crippen LogP contribution in [0.15, 0.2) is 35.7 Å². The van der Waals surface area contributed by atoms with Crippen LogP contribution in [0.1, 0.15) is 27.1 Å². The number of nitrogens with two attached hydrogens (primary N) is 1. The molecular formula is C18H22ClN3O4S. The van der Waals surface area contributed by atoms with Crippen molar-refractivity contribution in [2.24, 2.45) is 5.73 Å². The van der Waals surface area contributed by atoms with Crippen LogP contribution < -0.4 is 11.1 Å². The summed E-state index contributed by atoms with van der Waals surface area (Å²) in [6, 6.07) is 9.42. The van der Waals surface area contributed by atoms with Crippen molar-refractivity contribution in [3.05, 3.63) is 52.0 Å². The first-order chi connectivity index (χ1) is 12.6. The summed E-state index contributed by atoms with van der Waals surface area (Å²) in [7, 11) is 0. The van der Waals surface area contributed by atoms with E-state index in [1.54, 1.807) is 5.38 Å². The van der Waals surface area contributed by atoms with E-state index in [2.05, 4.69) is 10.3 Å². The van der Waals surface area contributed by atoms with Gasteiger partial charge in [-0.1, -0.05) is 30.3 Å². The van der Waals surface area contributed by atoms with Crippen molar-refractivity contribution in [1.29, 1.82) is 0 Å². The predicted molar refractivity (Wildman–Crippen MR) is 103 cm³/mol. The number of carbonyl (C=O) groups is 1. The molecule has 0 unspecified atom stereocenters. The molecule has 2 aromatic rings. The maximum atomic E-state index is 12.5. The lowest BCUT2D eigenvalue weighted by Gasteiger charge is -2.16. The first-order valence-electron chi connectivity index (χ1n) is 8.59. The number of aliphatic hydroxyl groups is 1. The van der Waals surface area contributed by atoms with Crippen LogP contribution in [0.3, 0.4) is 0 Å². The number of hydrogen-bond acceptors (Lipinski definition) is 7. The number of benzene rings is 1. The fourth-order valence-corrected chi connectivity index (χ4v) is 4.16. The molecule has 3 heterocycles. The largest absolute Gasteiger partial charge is 0.388 e. The van der Waals surface area contributed by atoms with Gasteiger partial charge in [-0.3, -0.25) is 4.79 Å². The first kappa shape index (κ1) is 20.2. The third kappa shape index (κ3) is 4.31. The molecule has 9 heteroatoms. The van der Waals surface area contributed by atoms with Gasteiger partial charge < -0.3 is 25.6 Å². The van der Waals surface area contributed by atoms with Gasteiger partial charge in [-0.2, -0.15) is 0 Å². The number of aromatic nitrogens is 1. The fourth-order valence-electron chi connectivity index (χ4n) is 3.36. The molecule has 146 valence electrons. The van der Waals surface area contributed by atoms with Gasteiger partial charge in [0.25, 0.3) is 5.91 Å². The molecule has 27 heavy (non-hydrogen) atoms. The molecule has 4 rings (SSSR count). The van der Waals surface area contributed by atoms with Crippen LogP contribution in [0.5, 0.6) is 0 Å². The average Bonchev–Trinajstić information content (AvgIpc) is 3.35. The van der Waals surface area contributed by atoms with Gasteiger partial charge in [0, 0.05) is 5.38 Å². The maximum Gasteiger partial charge on any atom is 0.271 e. The minimum Gasteiger partial charge on any atom is -0.388 e. The van der Waals surface area contributed by atoms with Crippen molar-refractivity contribution < 1.29 is 19.4 Å². The number of halogens is 1. The number of thiazole rings is 1. The Bertz CT molecular complexity index is 775. The van der Waals surface area contributed by atoms with Gasteiger partial charge in [0.2, 0.25) is 0 Å². The van der Waals surface area contributed by atoms with E-state index in [4.69, 9.17) is 15.2 Å². The van der Waals surface area contributed by atoms with Crippen molar-refractivity contribution in [2.75, 3.05) is 13.2 Å². The quantitative estimate of drug-likeness (QED) is 0.679. The van der Waals surface area contributed by atoms with Gasteiger partial charge in [-0.15, -0.1) is 23.7 Å². The number of fused-ring (bicyclic) bond motifs is 1. The van der Waals surface area contributed by atoms with Crippen LogP contribution in [0, 0.1) is 0 Å². The van der Waals surface area contributed by atoms with Gasteiger partial charge in [-0.25, -0.2) is 4.98 Å². The smallest absolute Gasteiger partial charge is 0.271 e. The summed E-state index contributed by atoms with van der Waals surface area (Å²) in [5.41, 5.74) is 7.71. The summed E-state index contributed by atoms with van der Waals surface area (Å²) in [5.74, 6) is -0.279. The zero-order chi connectivity index (χ0) is 18.1. The Balaban J connectivity index is 0.00000210. The molecule has 1 aromatic carbocycles. The first-order valence-corrected chi connectivity index (χ1v) is 9.47. The van der Waals surface area contributed by atoms with E-state index in [1.807, 2.05) is 30.3 Å². The third-order valence-electron chi connectivity index (χ3n) is 4.71. The van der Waals surface area contributed by atoms with E-state index >= 15 is 0 Å². The SMILES string of the molecule is Cl.N[C@@H](Cc1ccccc1)c1nc(C(=O)N[C@H]2CO[C@H]3[C@@H]2OC[C@@H]3O)cs1. The molecule has 1 aromatic heterocycles. The molecule has 0 radical (unpaired) electrons. The maximum absolute atomic E-state index is 12.5. The highest BCUT2D eigenvalue weighted by Crippen LogP contribution is 2.27. The minimum atomic E-state index is -0.635. The van der Waals surface area contributed by atoms with Crippen molar-refractivity contribution in [1.82, 2.24) is 10.3 Å². The molecule has 0 aliphatic carbocycles. The van der Waals surface area contributed by atoms with Crippen molar-refractivity contribution >= 4 is 29.7 Å². The molecule has 0 saturated carbocycles. The Morgan fingerprint density at radius 2 is 2.04 bits per heavy atom. The van der Waals surface area contributed by atoms with Crippen molar-refractivity contribution in [3.63, 3.8) is 0 Å². The second kappa shape index (κ2) is 8.64. The van der Waals surface area contributed by atoms with Crippen molar-refractivity contribution in [3.8, 4) is 0 Å². The highest BCUT2D eigenvalue weighted by molar-refractivity contribution is 7.09. The zero-order valence-electron chi connectivity index (χ0n) is 14.5. The second-order valence-corrected chi connectivity index (χ2v) is 7.50. The standard InChI is InChI=1S/C18H21N3O4S.ClH/c19-11(6-10-4-2-1-3-5-10)18-21-13(9-26-18)17(23)20-12-7-24-16-14(22)8-25-15(12)16;/h1-5,9,11-12,14-16,22H,6-8,19H2,(H,20,23);1H/t11-,12-,14-,15+,16+;/m0./s1. The van der Waals surface area contributed by atoms with E-state index in [0.717, 1.165) is 10.6 Å². The highest BCUT2D eigenvalue weighted by atomic mass is 35.5.